The zero-order chi connectivity index (χ0) is 12.3. The fourth-order valence-corrected chi connectivity index (χ4v) is 2.98. The van der Waals surface area contributed by atoms with Crippen molar-refractivity contribution in [2.75, 3.05) is 14.1 Å². The Kier molecular flexibility index (Phi) is 4.19. The highest BCUT2D eigenvalue weighted by atomic mass is 15.2. The topological polar surface area (TPSA) is 15.3 Å². The van der Waals surface area contributed by atoms with Crippen molar-refractivity contribution in [3.8, 4) is 0 Å². The quantitative estimate of drug-likeness (QED) is 0.858. The molecule has 1 aromatic rings. The summed E-state index contributed by atoms with van der Waals surface area (Å²) in [5.41, 5.74) is 2.86. The van der Waals surface area contributed by atoms with E-state index < -0.39 is 0 Å². The first-order valence-corrected chi connectivity index (χ1v) is 6.64. The summed E-state index contributed by atoms with van der Waals surface area (Å²) < 4.78 is 0. The zero-order valence-corrected chi connectivity index (χ0v) is 11.2. The third kappa shape index (κ3) is 2.88. The van der Waals surface area contributed by atoms with E-state index in [4.69, 9.17) is 0 Å². The van der Waals surface area contributed by atoms with Crippen molar-refractivity contribution in [2.45, 2.75) is 44.8 Å². The second-order valence-electron chi connectivity index (χ2n) is 5.24. The standard InChI is InChI=1S/C15H24N2/c1-12-7-4-5-8-13(12)11-17(3)15-10-6-9-14(15)16-2/h4-5,7-8,14-16H,6,9-11H2,1-3H3. The Morgan fingerprint density at radius 1 is 1.29 bits per heavy atom. The fourth-order valence-electron chi connectivity index (χ4n) is 2.98. The molecule has 2 atom stereocenters. The smallest absolute Gasteiger partial charge is 0.0249 e. The maximum Gasteiger partial charge on any atom is 0.0249 e. The zero-order valence-electron chi connectivity index (χ0n) is 11.2. The number of nitrogens with one attached hydrogen (secondary N) is 1. The van der Waals surface area contributed by atoms with E-state index in [2.05, 4.69) is 55.5 Å². The molecule has 1 fully saturated rings. The molecule has 0 spiro atoms. The number of likely N-dealkylation sites (N-methyl/N-ethyl adjacent to an activating group) is 2. The van der Waals surface area contributed by atoms with Gasteiger partial charge in [-0.1, -0.05) is 30.7 Å². The van der Waals surface area contributed by atoms with Gasteiger partial charge < -0.3 is 5.32 Å². The predicted octanol–water partition coefficient (Wildman–Crippen LogP) is 2.57. The molecular weight excluding hydrogens is 208 g/mol. The SMILES string of the molecule is CNC1CCCC1N(C)Cc1ccccc1C. The maximum absolute atomic E-state index is 3.45. The Hall–Kier alpha value is -0.860. The molecule has 1 aliphatic carbocycles. The Bertz CT molecular complexity index is 362. The fraction of sp³-hybridized carbons (Fsp3) is 0.600. The first kappa shape index (κ1) is 12.6. The van der Waals surface area contributed by atoms with E-state index in [0.717, 1.165) is 6.54 Å². The Morgan fingerprint density at radius 2 is 2.06 bits per heavy atom. The average Bonchev–Trinajstić information content (AvgIpc) is 2.80. The summed E-state index contributed by atoms with van der Waals surface area (Å²) in [7, 11) is 4.34. The minimum Gasteiger partial charge on any atom is -0.315 e. The van der Waals surface area contributed by atoms with Crippen LogP contribution in [-0.2, 0) is 6.54 Å². The minimum absolute atomic E-state index is 0.670. The number of hydrogen-bond acceptors (Lipinski definition) is 2. The van der Waals surface area contributed by atoms with Crippen molar-refractivity contribution in [1.82, 2.24) is 10.2 Å². The summed E-state index contributed by atoms with van der Waals surface area (Å²) in [5.74, 6) is 0. The van der Waals surface area contributed by atoms with Gasteiger partial charge in [-0.2, -0.15) is 0 Å². The van der Waals surface area contributed by atoms with Crippen LogP contribution in [0.15, 0.2) is 24.3 Å². The van der Waals surface area contributed by atoms with Crippen LogP contribution >= 0.6 is 0 Å². The first-order chi connectivity index (χ1) is 8.22. The monoisotopic (exact) mass is 232 g/mol. The van der Waals surface area contributed by atoms with Gasteiger partial charge in [-0.3, -0.25) is 4.90 Å². The molecule has 0 amide bonds. The maximum atomic E-state index is 3.45. The summed E-state index contributed by atoms with van der Waals surface area (Å²) in [6, 6.07) is 10.1. The number of benzene rings is 1. The van der Waals surface area contributed by atoms with Gasteiger partial charge in [0.2, 0.25) is 0 Å². The summed E-state index contributed by atoms with van der Waals surface area (Å²) in [4.78, 5) is 2.51. The van der Waals surface area contributed by atoms with E-state index in [9.17, 15) is 0 Å². The van der Waals surface area contributed by atoms with Crippen molar-refractivity contribution < 1.29 is 0 Å². The molecule has 1 aromatic carbocycles. The minimum atomic E-state index is 0.670. The average molecular weight is 232 g/mol. The van der Waals surface area contributed by atoms with E-state index >= 15 is 0 Å². The van der Waals surface area contributed by atoms with Crippen molar-refractivity contribution in [1.29, 1.82) is 0 Å². The van der Waals surface area contributed by atoms with E-state index in [-0.39, 0.29) is 0 Å². The van der Waals surface area contributed by atoms with E-state index in [1.807, 2.05) is 0 Å². The van der Waals surface area contributed by atoms with Gasteiger partial charge >= 0.3 is 0 Å². The Labute approximate surface area is 105 Å². The predicted molar refractivity (Wildman–Crippen MR) is 73.1 cm³/mol. The molecule has 0 aromatic heterocycles. The summed E-state index contributed by atoms with van der Waals surface area (Å²) >= 11 is 0. The highest BCUT2D eigenvalue weighted by Gasteiger charge is 2.28. The van der Waals surface area contributed by atoms with Gasteiger partial charge in [0.25, 0.3) is 0 Å². The van der Waals surface area contributed by atoms with Crippen LogP contribution in [0.1, 0.15) is 30.4 Å². The third-order valence-electron chi connectivity index (χ3n) is 4.10. The van der Waals surface area contributed by atoms with Crippen molar-refractivity contribution >= 4 is 0 Å². The normalized spacial score (nSPS) is 24.5. The number of aryl methyl sites for hydroxylation is 1. The van der Waals surface area contributed by atoms with Crippen molar-refractivity contribution in [3.63, 3.8) is 0 Å². The lowest BCUT2D eigenvalue weighted by Gasteiger charge is -2.30. The van der Waals surface area contributed by atoms with Gasteiger partial charge in [-0.25, -0.2) is 0 Å². The molecule has 1 aliphatic rings. The van der Waals surface area contributed by atoms with Crippen LogP contribution in [-0.4, -0.2) is 31.1 Å². The van der Waals surface area contributed by atoms with Crippen LogP contribution in [0, 0.1) is 6.92 Å². The highest BCUT2D eigenvalue weighted by molar-refractivity contribution is 5.25. The first-order valence-electron chi connectivity index (χ1n) is 6.64. The lowest BCUT2D eigenvalue weighted by atomic mass is 10.1. The van der Waals surface area contributed by atoms with Gasteiger partial charge in [-0.05, 0) is 45.0 Å². The van der Waals surface area contributed by atoms with Crippen LogP contribution in [0.2, 0.25) is 0 Å². The van der Waals surface area contributed by atoms with E-state index in [0.29, 0.717) is 12.1 Å². The number of hydrogen-bond donors (Lipinski definition) is 1. The van der Waals surface area contributed by atoms with Crippen LogP contribution < -0.4 is 5.32 Å². The van der Waals surface area contributed by atoms with Crippen LogP contribution in [0.25, 0.3) is 0 Å². The van der Waals surface area contributed by atoms with Gasteiger partial charge in [0.05, 0.1) is 0 Å². The molecule has 2 heteroatoms. The highest BCUT2D eigenvalue weighted by Crippen LogP contribution is 2.24. The van der Waals surface area contributed by atoms with Gasteiger partial charge in [0.15, 0.2) is 0 Å². The molecule has 1 saturated carbocycles. The largest absolute Gasteiger partial charge is 0.315 e. The lowest BCUT2D eigenvalue weighted by Crippen LogP contribution is -2.43. The molecule has 0 bridgehead atoms. The summed E-state index contributed by atoms with van der Waals surface area (Å²) in [6.07, 6.45) is 4.00. The molecule has 1 N–H and O–H groups in total. The summed E-state index contributed by atoms with van der Waals surface area (Å²) in [6.45, 7) is 3.27. The second kappa shape index (κ2) is 5.65. The van der Waals surface area contributed by atoms with E-state index in [1.54, 1.807) is 0 Å². The molecule has 94 valence electrons. The van der Waals surface area contributed by atoms with Crippen LogP contribution in [0.5, 0.6) is 0 Å². The molecule has 0 radical (unpaired) electrons. The van der Waals surface area contributed by atoms with Gasteiger partial charge in [-0.15, -0.1) is 0 Å². The number of nitrogens with zero attached hydrogens (tertiary/aromatic N) is 1. The van der Waals surface area contributed by atoms with Crippen molar-refractivity contribution in [3.05, 3.63) is 35.4 Å². The van der Waals surface area contributed by atoms with Crippen LogP contribution in [0.4, 0.5) is 0 Å². The van der Waals surface area contributed by atoms with Gasteiger partial charge in [0.1, 0.15) is 0 Å². The van der Waals surface area contributed by atoms with Crippen LogP contribution in [0.3, 0.4) is 0 Å². The Balaban J connectivity index is 2.01. The molecule has 0 aliphatic heterocycles. The molecular formula is C15H24N2. The number of rotatable bonds is 4. The van der Waals surface area contributed by atoms with E-state index in [1.165, 1.54) is 30.4 Å². The molecule has 2 unspecified atom stereocenters. The molecule has 17 heavy (non-hydrogen) atoms. The van der Waals surface area contributed by atoms with Gasteiger partial charge in [0, 0.05) is 18.6 Å². The lowest BCUT2D eigenvalue weighted by molar-refractivity contribution is 0.208. The molecule has 0 heterocycles. The third-order valence-corrected chi connectivity index (χ3v) is 4.10. The summed E-state index contributed by atoms with van der Waals surface area (Å²) in [5, 5.41) is 3.45. The molecule has 2 rings (SSSR count). The Morgan fingerprint density at radius 3 is 2.76 bits per heavy atom. The molecule has 0 saturated heterocycles. The second-order valence-corrected chi connectivity index (χ2v) is 5.24. The van der Waals surface area contributed by atoms with Crippen molar-refractivity contribution in [2.24, 2.45) is 0 Å². The molecule has 2 nitrogen and oxygen atoms in total.